The average molecular weight is 257 g/mol. The van der Waals surface area contributed by atoms with E-state index in [9.17, 15) is 9.59 Å². The van der Waals surface area contributed by atoms with Gasteiger partial charge in [0, 0.05) is 24.2 Å². The van der Waals surface area contributed by atoms with E-state index in [1.165, 1.54) is 12.3 Å². The summed E-state index contributed by atoms with van der Waals surface area (Å²) in [5.41, 5.74) is 1.29. The van der Waals surface area contributed by atoms with E-state index in [4.69, 9.17) is 0 Å². The third-order valence-electron chi connectivity index (χ3n) is 2.78. The Bertz CT molecular complexity index is 635. The van der Waals surface area contributed by atoms with Crippen molar-refractivity contribution in [3.63, 3.8) is 0 Å². The van der Waals surface area contributed by atoms with Crippen LogP contribution in [0.5, 0.6) is 0 Å². The molecular weight excluding hydrogens is 242 g/mol. The zero-order valence-corrected chi connectivity index (χ0v) is 10.8. The number of hydrogen-bond acceptors (Lipinski definition) is 3. The quantitative estimate of drug-likeness (QED) is 0.876. The van der Waals surface area contributed by atoms with E-state index >= 15 is 0 Å². The second-order valence-corrected chi connectivity index (χ2v) is 4.34. The molecule has 1 amide bonds. The highest BCUT2D eigenvalue weighted by atomic mass is 16.2. The van der Waals surface area contributed by atoms with Gasteiger partial charge in [-0.2, -0.15) is 0 Å². The molecule has 0 saturated heterocycles. The molecule has 1 atom stereocenters. The highest BCUT2D eigenvalue weighted by molar-refractivity contribution is 5.94. The molecule has 2 aromatic heterocycles. The third-order valence-corrected chi connectivity index (χ3v) is 2.78. The van der Waals surface area contributed by atoms with E-state index in [1.807, 2.05) is 25.1 Å². The predicted octanol–water partition coefficient (Wildman–Crippen LogP) is 1.57. The Hall–Kier alpha value is -2.43. The Balaban J connectivity index is 2.15. The lowest BCUT2D eigenvalue weighted by Gasteiger charge is -2.12. The first kappa shape index (κ1) is 13.0. The van der Waals surface area contributed by atoms with Crippen molar-refractivity contribution in [2.45, 2.75) is 19.9 Å². The molecule has 0 aromatic carbocycles. The van der Waals surface area contributed by atoms with Crippen LogP contribution in [0.4, 0.5) is 0 Å². The van der Waals surface area contributed by atoms with Gasteiger partial charge in [-0.05, 0) is 26.0 Å². The SMILES string of the molecule is Cc1cc(=O)c(C(=O)NC(C)c2ccccn2)c[nH]1. The predicted molar refractivity (Wildman–Crippen MR) is 71.9 cm³/mol. The Kier molecular flexibility index (Phi) is 3.75. The highest BCUT2D eigenvalue weighted by Crippen LogP contribution is 2.08. The second kappa shape index (κ2) is 5.48. The molecule has 0 fully saturated rings. The lowest BCUT2D eigenvalue weighted by atomic mass is 10.2. The van der Waals surface area contributed by atoms with Crippen LogP contribution in [0, 0.1) is 6.92 Å². The largest absolute Gasteiger partial charge is 0.364 e. The van der Waals surface area contributed by atoms with Crippen molar-refractivity contribution in [2.24, 2.45) is 0 Å². The molecule has 1 unspecified atom stereocenters. The first-order chi connectivity index (χ1) is 9.08. The van der Waals surface area contributed by atoms with Crippen LogP contribution >= 0.6 is 0 Å². The molecule has 2 rings (SSSR count). The number of carbonyl (C=O) groups excluding carboxylic acids is 1. The number of carbonyl (C=O) groups is 1. The molecule has 0 spiro atoms. The third kappa shape index (κ3) is 3.07. The molecule has 2 aromatic rings. The van der Waals surface area contributed by atoms with Crippen molar-refractivity contribution < 1.29 is 4.79 Å². The summed E-state index contributed by atoms with van der Waals surface area (Å²) in [6, 6.07) is 6.63. The van der Waals surface area contributed by atoms with Gasteiger partial charge in [0.2, 0.25) is 0 Å². The van der Waals surface area contributed by atoms with Crippen molar-refractivity contribution in [3.05, 3.63) is 63.8 Å². The van der Waals surface area contributed by atoms with Gasteiger partial charge in [0.05, 0.1) is 11.7 Å². The van der Waals surface area contributed by atoms with Crippen molar-refractivity contribution >= 4 is 5.91 Å². The smallest absolute Gasteiger partial charge is 0.257 e. The van der Waals surface area contributed by atoms with E-state index in [1.54, 1.807) is 13.1 Å². The van der Waals surface area contributed by atoms with Crippen molar-refractivity contribution in [1.29, 1.82) is 0 Å². The van der Waals surface area contributed by atoms with E-state index in [2.05, 4.69) is 15.3 Å². The molecule has 0 saturated carbocycles. The number of aryl methyl sites for hydroxylation is 1. The minimum absolute atomic E-state index is 0.105. The molecule has 98 valence electrons. The molecule has 2 N–H and O–H groups in total. The Morgan fingerprint density at radius 1 is 1.42 bits per heavy atom. The number of nitrogens with one attached hydrogen (secondary N) is 2. The molecule has 5 heteroatoms. The molecule has 0 bridgehead atoms. The normalized spacial score (nSPS) is 11.9. The van der Waals surface area contributed by atoms with Gasteiger partial charge in [-0.25, -0.2) is 0 Å². The lowest BCUT2D eigenvalue weighted by Crippen LogP contribution is -2.31. The monoisotopic (exact) mass is 257 g/mol. The fraction of sp³-hybridized carbons (Fsp3) is 0.214. The van der Waals surface area contributed by atoms with Gasteiger partial charge in [-0.1, -0.05) is 6.07 Å². The van der Waals surface area contributed by atoms with Crippen LogP contribution in [0.1, 0.15) is 34.7 Å². The molecule has 5 nitrogen and oxygen atoms in total. The molecular formula is C14H15N3O2. The van der Waals surface area contributed by atoms with Crippen molar-refractivity contribution in [1.82, 2.24) is 15.3 Å². The molecule has 0 radical (unpaired) electrons. The number of nitrogens with zero attached hydrogens (tertiary/aromatic N) is 1. The van der Waals surface area contributed by atoms with E-state index in [0.29, 0.717) is 0 Å². The molecule has 0 aliphatic heterocycles. The first-order valence-electron chi connectivity index (χ1n) is 5.99. The van der Waals surface area contributed by atoms with E-state index < -0.39 is 5.91 Å². The zero-order chi connectivity index (χ0) is 13.8. The maximum Gasteiger partial charge on any atom is 0.257 e. The fourth-order valence-corrected chi connectivity index (χ4v) is 1.73. The van der Waals surface area contributed by atoms with Crippen LogP contribution < -0.4 is 10.7 Å². The number of hydrogen-bond donors (Lipinski definition) is 2. The maximum atomic E-state index is 12.0. The molecule has 2 heterocycles. The number of aromatic amines is 1. The van der Waals surface area contributed by atoms with Crippen LogP contribution in [0.2, 0.25) is 0 Å². The van der Waals surface area contributed by atoms with Gasteiger partial charge in [-0.3, -0.25) is 14.6 Å². The fourth-order valence-electron chi connectivity index (χ4n) is 1.73. The number of rotatable bonds is 3. The van der Waals surface area contributed by atoms with Gasteiger partial charge in [0.1, 0.15) is 5.56 Å². The number of amides is 1. The summed E-state index contributed by atoms with van der Waals surface area (Å²) in [6.07, 6.45) is 3.09. The minimum Gasteiger partial charge on any atom is -0.364 e. The van der Waals surface area contributed by atoms with Gasteiger partial charge < -0.3 is 10.3 Å². The van der Waals surface area contributed by atoms with Gasteiger partial charge >= 0.3 is 0 Å². The Morgan fingerprint density at radius 2 is 2.21 bits per heavy atom. The average Bonchev–Trinajstić information content (AvgIpc) is 2.39. The van der Waals surface area contributed by atoms with Crippen LogP contribution in [-0.4, -0.2) is 15.9 Å². The summed E-state index contributed by atoms with van der Waals surface area (Å²) in [6.45, 7) is 3.59. The summed E-state index contributed by atoms with van der Waals surface area (Å²) < 4.78 is 0. The first-order valence-corrected chi connectivity index (χ1v) is 5.99. The number of H-pyrrole nitrogens is 1. The summed E-state index contributed by atoms with van der Waals surface area (Å²) in [5, 5.41) is 2.75. The van der Waals surface area contributed by atoms with Crippen LogP contribution in [0.25, 0.3) is 0 Å². The van der Waals surface area contributed by atoms with Crippen molar-refractivity contribution in [2.75, 3.05) is 0 Å². The van der Waals surface area contributed by atoms with E-state index in [-0.39, 0.29) is 17.0 Å². The standard InChI is InChI=1S/C14H15N3O2/c1-9-7-13(18)11(8-16-9)14(19)17-10(2)12-5-3-4-6-15-12/h3-8,10H,1-2H3,(H,16,18)(H,17,19). The Labute approximate surface area is 110 Å². The van der Waals surface area contributed by atoms with E-state index in [0.717, 1.165) is 11.4 Å². The number of pyridine rings is 2. The van der Waals surface area contributed by atoms with Gasteiger partial charge in [0.15, 0.2) is 5.43 Å². The zero-order valence-electron chi connectivity index (χ0n) is 10.8. The van der Waals surface area contributed by atoms with Crippen LogP contribution in [0.15, 0.2) is 41.5 Å². The second-order valence-electron chi connectivity index (χ2n) is 4.34. The van der Waals surface area contributed by atoms with Crippen LogP contribution in [0.3, 0.4) is 0 Å². The highest BCUT2D eigenvalue weighted by Gasteiger charge is 2.14. The van der Waals surface area contributed by atoms with Gasteiger partial charge in [-0.15, -0.1) is 0 Å². The molecule has 0 aliphatic carbocycles. The maximum absolute atomic E-state index is 12.0. The summed E-state index contributed by atoms with van der Waals surface area (Å²) >= 11 is 0. The Morgan fingerprint density at radius 3 is 2.84 bits per heavy atom. The minimum atomic E-state index is -0.403. The summed E-state index contributed by atoms with van der Waals surface area (Å²) in [4.78, 5) is 30.7. The topological polar surface area (TPSA) is 74.8 Å². The summed E-state index contributed by atoms with van der Waals surface area (Å²) in [5.74, 6) is -0.403. The van der Waals surface area contributed by atoms with Crippen molar-refractivity contribution in [3.8, 4) is 0 Å². The molecule has 19 heavy (non-hydrogen) atoms. The summed E-state index contributed by atoms with van der Waals surface area (Å²) in [7, 11) is 0. The van der Waals surface area contributed by atoms with Crippen LogP contribution in [-0.2, 0) is 0 Å². The lowest BCUT2D eigenvalue weighted by molar-refractivity contribution is 0.0937. The molecule has 0 aliphatic rings. The van der Waals surface area contributed by atoms with Gasteiger partial charge in [0.25, 0.3) is 5.91 Å². The number of aromatic nitrogens is 2.